The van der Waals surface area contributed by atoms with E-state index in [2.05, 4.69) is 5.32 Å². The van der Waals surface area contributed by atoms with Crippen LogP contribution >= 0.6 is 0 Å². The van der Waals surface area contributed by atoms with Crippen LogP contribution in [0, 0.1) is 0 Å². The second-order valence-electron chi connectivity index (χ2n) is 4.83. The molecule has 0 heterocycles. The number of ether oxygens (including phenoxy) is 1. The molecule has 4 heteroatoms. The molecule has 1 saturated carbocycles. The van der Waals surface area contributed by atoms with Crippen LogP contribution in [0.15, 0.2) is 24.3 Å². The number of amides is 1. The maximum Gasteiger partial charge on any atom is 0.241 e. The van der Waals surface area contributed by atoms with Crippen LogP contribution in [-0.4, -0.2) is 18.1 Å². The molecule has 0 unspecified atom stereocenters. The number of nitrogens with one attached hydrogen (secondary N) is 1. The minimum atomic E-state index is -0.510. The molecule has 1 fully saturated rings. The summed E-state index contributed by atoms with van der Waals surface area (Å²) in [5.41, 5.74) is 6.24. The van der Waals surface area contributed by atoms with Crippen molar-refractivity contribution in [2.45, 2.75) is 44.8 Å². The normalized spacial score (nSPS) is 17.4. The second kappa shape index (κ2) is 5.87. The van der Waals surface area contributed by atoms with E-state index in [-0.39, 0.29) is 5.91 Å². The molecule has 0 radical (unpaired) electrons. The Morgan fingerprint density at radius 1 is 1.44 bits per heavy atom. The third-order valence-corrected chi connectivity index (χ3v) is 3.12. The first-order valence-electron chi connectivity index (χ1n) is 6.48. The summed E-state index contributed by atoms with van der Waals surface area (Å²) in [5.74, 6) is 0.623. The average Bonchev–Trinajstić information content (AvgIpc) is 2.82. The van der Waals surface area contributed by atoms with E-state index in [9.17, 15) is 4.79 Å². The van der Waals surface area contributed by atoms with Crippen molar-refractivity contribution in [3.8, 4) is 5.75 Å². The summed E-state index contributed by atoms with van der Waals surface area (Å²) >= 11 is 0. The minimum Gasteiger partial charge on any atom is -0.490 e. The second-order valence-corrected chi connectivity index (χ2v) is 4.83. The van der Waals surface area contributed by atoms with E-state index < -0.39 is 6.04 Å². The molecule has 0 aromatic heterocycles. The zero-order valence-corrected chi connectivity index (χ0v) is 10.7. The molecule has 0 spiro atoms. The van der Waals surface area contributed by atoms with Gasteiger partial charge in [0.25, 0.3) is 0 Å². The maximum absolute atomic E-state index is 11.5. The molecule has 1 aromatic rings. The fourth-order valence-corrected chi connectivity index (χ4v) is 2.10. The third kappa shape index (κ3) is 3.47. The van der Waals surface area contributed by atoms with Crippen molar-refractivity contribution in [1.82, 2.24) is 0 Å². The van der Waals surface area contributed by atoms with Crippen LogP contribution in [-0.2, 0) is 4.79 Å². The Kier molecular flexibility index (Phi) is 4.20. The molecule has 4 nitrogen and oxygen atoms in total. The van der Waals surface area contributed by atoms with Crippen LogP contribution in [0.3, 0.4) is 0 Å². The summed E-state index contributed by atoms with van der Waals surface area (Å²) in [7, 11) is 0. The third-order valence-electron chi connectivity index (χ3n) is 3.12. The number of hydrogen-bond acceptors (Lipinski definition) is 3. The number of rotatable bonds is 4. The fourth-order valence-electron chi connectivity index (χ4n) is 2.10. The van der Waals surface area contributed by atoms with Gasteiger partial charge in [-0.2, -0.15) is 0 Å². The van der Waals surface area contributed by atoms with Crippen molar-refractivity contribution in [1.29, 1.82) is 0 Å². The van der Waals surface area contributed by atoms with Gasteiger partial charge in [-0.15, -0.1) is 0 Å². The summed E-state index contributed by atoms with van der Waals surface area (Å²) in [6.45, 7) is 1.66. The molecular weight excluding hydrogens is 228 g/mol. The zero-order valence-electron chi connectivity index (χ0n) is 10.7. The van der Waals surface area contributed by atoms with E-state index in [1.54, 1.807) is 6.92 Å². The van der Waals surface area contributed by atoms with Crippen molar-refractivity contribution in [3.63, 3.8) is 0 Å². The van der Waals surface area contributed by atoms with E-state index >= 15 is 0 Å². The van der Waals surface area contributed by atoms with Gasteiger partial charge in [0.1, 0.15) is 5.75 Å². The number of nitrogens with two attached hydrogens (primary N) is 1. The van der Waals surface area contributed by atoms with Gasteiger partial charge in [0.2, 0.25) is 5.91 Å². The lowest BCUT2D eigenvalue weighted by Gasteiger charge is -2.14. The molecule has 1 atom stereocenters. The Morgan fingerprint density at radius 2 is 2.17 bits per heavy atom. The predicted molar refractivity (Wildman–Crippen MR) is 71.6 cm³/mol. The van der Waals surface area contributed by atoms with Crippen molar-refractivity contribution >= 4 is 11.6 Å². The molecule has 0 bridgehead atoms. The topological polar surface area (TPSA) is 64.4 Å². The first-order chi connectivity index (χ1) is 8.65. The van der Waals surface area contributed by atoms with Gasteiger partial charge in [-0.05, 0) is 44.7 Å². The molecule has 1 aliphatic rings. The zero-order chi connectivity index (χ0) is 13.0. The lowest BCUT2D eigenvalue weighted by atomic mass is 10.2. The first kappa shape index (κ1) is 12.9. The van der Waals surface area contributed by atoms with Crippen molar-refractivity contribution < 1.29 is 9.53 Å². The minimum absolute atomic E-state index is 0.187. The van der Waals surface area contributed by atoms with Gasteiger partial charge in [0, 0.05) is 11.8 Å². The van der Waals surface area contributed by atoms with E-state index in [1.165, 1.54) is 12.8 Å². The van der Waals surface area contributed by atoms with Gasteiger partial charge in [-0.1, -0.05) is 6.07 Å². The number of carbonyl (C=O) groups excluding carboxylic acids is 1. The number of benzene rings is 1. The van der Waals surface area contributed by atoms with Gasteiger partial charge in [0.05, 0.1) is 12.1 Å². The van der Waals surface area contributed by atoms with Crippen molar-refractivity contribution in [2.75, 3.05) is 5.32 Å². The SMILES string of the molecule is C[C@@H](N)C(=O)Nc1cccc(OC2CCCC2)c1. The van der Waals surface area contributed by atoms with E-state index in [1.807, 2.05) is 24.3 Å². The highest BCUT2D eigenvalue weighted by molar-refractivity contribution is 5.94. The number of anilines is 1. The molecule has 2 rings (SSSR count). The Balaban J connectivity index is 1.98. The van der Waals surface area contributed by atoms with Gasteiger partial charge in [-0.25, -0.2) is 0 Å². The predicted octanol–water partition coefficient (Wildman–Crippen LogP) is 2.29. The lowest BCUT2D eigenvalue weighted by Crippen LogP contribution is -2.32. The first-order valence-corrected chi connectivity index (χ1v) is 6.48. The molecule has 1 amide bonds. The van der Waals surface area contributed by atoms with Crippen molar-refractivity contribution in [2.24, 2.45) is 5.73 Å². The van der Waals surface area contributed by atoms with Gasteiger partial charge >= 0.3 is 0 Å². The Bertz CT molecular complexity index is 412. The summed E-state index contributed by atoms with van der Waals surface area (Å²) in [6.07, 6.45) is 5.05. The molecule has 3 N–H and O–H groups in total. The standard InChI is InChI=1S/C14H20N2O2/c1-10(15)14(17)16-11-5-4-8-13(9-11)18-12-6-2-3-7-12/h4-5,8-10,12H,2-3,6-7,15H2,1H3,(H,16,17)/t10-/m1/s1. The van der Waals surface area contributed by atoms with Crippen molar-refractivity contribution in [3.05, 3.63) is 24.3 Å². The highest BCUT2D eigenvalue weighted by atomic mass is 16.5. The largest absolute Gasteiger partial charge is 0.490 e. The highest BCUT2D eigenvalue weighted by Crippen LogP contribution is 2.25. The van der Waals surface area contributed by atoms with Crippen LogP contribution in [0.5, 0.6) is 5.75 Å². The maximum atomic E-state index is 11.5. The van der Waals surface area contributed by atoms with Crippen LogP contribution in [0.4, 0.5) is 5.69 Å². The molecule has 0 aliphatic heterocycles. The fraction of sp³-hybridized carbons (Fsp3) is 0.500. The monoisotopic (exact) mass is 248 g/mol. The molecule has 1 aliphatic carbocycles. The Morgan fingerprint density at radius 3 is 2.83 bits per heavy atom. The quantitative estimate of drug-likeness (QED) is 0.859. The van der Waals surface area contributed by atoms with Crippen LogP contribution in [0.1, 0.15) is 32.6 Å². The summed E-state index contributed by atoms with van der Waals surface area (Å²) in [6, 6.07) is 6.96. The van der Waals surface area contributed by atoms with Crippen LogP contribution in [0.2, 0.25) is 0 Å². The van der Waals surface area contributed by atoms with Crippen LogP contribution < -0.4 is 15.8 Å². The van der Waals surface area contributed by atoms with E-state index in [4.69, 9.17) is 10.5 Å². The molecular formula is C14H20N2O2. The lowest BCUT2D eigenvalue weighted by molar-refractivity contribution is -0.117. The Labute approximate surface area is 108 Å². The number of hydrogen-bond donors (Lipinski definition) is 2. The van der Waals surface area contributed by atoms with Crippen LogP contribution in [0.25, 0.3) is 0 Å². The molecule has 0 saturated heterocycles. The van der Waals surface area contributed by atoms with Gasteiger partial charge < -0.3 is 15.8 Å². The summed E-state index contributed by atoms with van der Waals surface area (Å²) < 4.78 is 5.88. The number of carbonyl (C=O) groups is 1. The van der Waals surface area contributed by atoms with Gasteiger partial charge in [-0.3, -0.25) is 4.79 Å². The smallest absolute Gasteiger partial charge is 0.241 e. The molecule has 18 heavy (non-hydrogen) atoms. The highest BCUT2D eigenvalue weighted by Gasteiger charge is 2.16. The molecule has 98 valence electrons. The summed E-state index contributed by atoms with van der Waals surface area (Å²) in [4.78, 5) is 11.5. The van der Waals surface area contributed by atoms with E-state index in [0.717, 1.165) is 24.3 Å². The van der Waals surface area contributed by atoms with Gasteiger partial charge in [0.15, 0.2) is 0 Å². The van der Waals surface area contributed by atoms with E-state index in [0.29, 0.717) is 6.10 Å². The summed E-state index contributed by atoms with van der Waals surface area (Å²) in [5, 5.41) is 2.76. The average molecular weight is 248 g/mol. The Hall–Kier alpha value is -1.55. The molecule has 1 aromatic carbocycles.